The third-order valence-electron chi connectivity index (χ3n) is 3.24. The van der Waals surface area contributed by atoms with Gasteiger partial charge < -0.3 is 15.8 Å². The van der Waals surface area contributed by atoms with Crippen LogP contribution in [-0.2, 0) is 9.53 Å². The van der Waals surface area contributed by atoms with Crippen LogP contribution in [0.3, 0.4) is 0 Å². The molecule has 0 atom stereocenters. The monoisotopic (exact) mass is 252 g/mol. The molecule has 0 bridgehead atoms. The Morgan fingerprint density at radius 1 is 1.56 bits per heavy atom. The van der Waals surface area contributed by atoms with E-state index in [1.165, 1.54) is 0 Å². The molecule has 3 N–H and O–H groups in total. The van der Waals surface area contributed by atoms with Crippen LogP contribution < -0.4 is 11.1 Å². The lowest BCUT2D eigenvalue weighted by atomic mass is 9.90. The molecule has 1 amide bonds. The van der Waals surface area contributed by atoms with E-state index in [0.717, 1.165) is 0 Å². The van der Waals surface area contributed by atoms with Crippen molar-refractivity contribution in [2.24, 2.45) is 5.73 Å². The number of nitrogens with zero attached hydrogens (tertiary/aromatic N) is 2. The van der Waals surface area contributed by atoms with Gasteiger partial charge in [-0.25, -0.2) is 4.68 Å². The van der Waals surface area contributed by atoms with E-state index >= 15 is 0 Å². The van der Waals surface area contributed by atoms with Gasteiger partial charge in [0.25, 0.3) is 0 Å². The fraction of sp³-hybridized carbons (Fsp3) is 0.667. The third-order valence-corrected chi connectivity index (χ3v) is 3.24. The number of hydrogen-bond donors (Lipinski definition) is 2. The molecule has 0 unspecified atom stereocenters. The summed E-state index contributed by atoms with van der Waals surface area (Å²) in [5, 5.41) is 7.04. The minimum absolute atomic E-state index is 0.159. The standard InChI is InChI=1S/C12H20N4O2/c1-9(2)16-10(3-6-14-16)15-11(17)12(13)4-7-18-8-5-12/h3,6,9H,4-5,7-8,13H2,1-2H3,(H,15,17). The zero-order valence-electron chi connectivity index (χ0n) is 10.8. The largest absolute Gasteiger partial charge is 0.381 e. The normalized spacial score (nSPS) is 18.9. The van der Waals surface area contributed by atoms with Crippen LogP contribution in [0.15, 0.2) is 12.3 Å². The highest BCUT2D eigenvalue weighted by molar-refractivity contribution is 5.97. The van der Waals surface area contributed by atoms with Crippen molar-refractivity contribution in [3.8, 4) is 0 Å². The Morgan fingerprint density at radius 2 is 2.22 bits per heavy atom. The van der Waals surface area contributed by atoms with E-state index in [-0.39, 0.29) is 11.9 Å². The smallest absolute Gasteiger partial charge is 0.245 e. The first-order valence-electron chi connectivity index (χ1n) is 6.24. The Labute approximate surface area is 106 Å². The fourth-order valence-corrected chi connectivity index (χ4v) is 2.03. The van der Waals surface area contributed by atoms with Gasteiger partial charge in [0.2, 0.25) is 5.91 Å². The molecular formula is C12H20N4O2. The molecule has 2 heterocycles. The van der Waals surface area contributed by atoms with Gasteiger partial charge in [-0.3, -0.25) is 4.79 Å². The Balaban J connectivity index is 2.08. The summed E-state index contributed by atoms with van der Waals surface area (Å²) >= 11 is 0. The van der Waals surface area contributed by atoms with E-state index in [1.807, 2.05) is 13.8 Å². The summed E-state index contributed by atoms with van der Waals surface area (Å²) in [6, 6.07) is 1.97. The topological polar surface area (TPSA) is 82.2 Å². The van der Waals surface area contributed by atoms with E-state index in [1.54, 1.807) is 16.9 Å². The van der Waals surface area contributed by atoms with Crippen LogP contribution in [-0.4, -0.2) is 34.4 Å². The molecule has 1 aromatic rings. The molecule has 1 fully saturated rings. The first-order valence-corrected chi connectivity index (χ1v) is 6.24. The van der Waals surface area contributed by atoms with Crippen molar-refractivity contribution in [3.05, 3.63) is 12.3 Å². The Bertz CT molecular complexity index is 421. The van der Waals surface area contributed by atoms with Gasteiger partial charge in [0.1, 0.15) is 11.4 Å². The van der Waals surface area contributed by atoms with Crippen molar-refractivity contribution in [1.82, 2.24) is 9.78 Å². The lowest BCUT2D eigenvalue weighted by Crippen LogP contribution is -2.54. The lowest BCUT2D eigenvalue weighted by Gasteiger charge is -2.31. The molecule has 18 heavy (non-hydrogen) atoms. The Morgan fingerprint density at radius 3 is 2.83 bits per heavy atom. The molecule has 2 rings (SSSR count). The molecule has 1 aromatic heterocycles. The van der Waals surface area contributed by atoms with Crippen molar-refractivity contribution < 1.29 is 9.53 Å². The molecule has 0 aromatic carbocycles. The van der Waals surface area contributed by atoms with Crippen LogP contribution in [0.1, 0.15) is 32.7 Å². The zero-order chi connectivity index (χ0) is 13.2. The van der Waals surface area contributed by atoms with Crippen LogP contribution in [0.5, 0.6) is 0 Å². The average molecular weight is 252 g/mol. The number of carbonyl (C=O) groups excluding carboxylic acids is 1. The molecule has 0 aliphatic carbocycles. The summed E-state index contributed by atoms with van der Waals surface area (Å²) in [5.74, 6) is 0.527. The van der Waals surface area contributed by atoms with Crippen molar-refractivity contribution in [1.29, 1.82) is 0 Å². The number of aromatic nitrogens is 2. The highest BCUT2D eigenvalue weighted by atomic mass is 16.5. The number of anilines is 1. The number of hydrogen-bond acceptors (Lipinski definition) is 4. The summed E-state index contributed by atoms with van der Waals surface area (Å²) in [4.78, 5) is 12.2. The quantitative estimate of drug-likeness (QED) is 0.837. The van der Waals surface area contributed by atoms with E-state index in [0.29, 0.717) is 31.9 Å². The molecule has 100 valence electrons. The highest BCUT2D eigenvalue weighted by Crippen LogP contribution is 2.21. The molecular weight excluding hydrogens is 232 g/mol. The van der Waals surface area contributed by atoms with Crippen molar-refractivity contribution in [2.75, 3.05) is 18.5 Å². The summed E-state index contributed by atoms with van der Waals surface area (Å²) in [7, 11) is 0. The number of nitrogens with one attached hydrogen (secondary N) is 1. The van der Waals surface area contributed by atoms with Crippen molar-refractivity contribution in [3.63, 3.8) is 0 Å². The molecule has 6 heteroatoms. The summed E-state index contributed by atoms with van der Waals surface area (Å²) in [5.41, 5.74) is 5.29. The van der Waals surface area contributed by atoms with E-state index < -0.39 is 5.54 Å². The Hall–Kier alpha value is -1.40. The SMILES string of the molecule is CC(C)n1nccc1NC(=O)C1(N)CCOCC1. The number of amides is 1. The molecule has 6 nitrogen and oxygen atoms in total. The second-order valence-corrected chi connectivity index (χ2v) is 4.98. The third kappa shape index (κ3) is 2.54. The summed E-state index contributed by atoms with van der Waals surface area (Å²) in [6.07, 6.45) is 2.77. The fourth-order valence-electron chi connectivity index (χ4n) is 2.03. The first kappa shape index (κ1) is 13.0. The van der Waals surface area contributed by atoms with Gasteiger partial charge in [0, 0.05) is 25.3 Å². The summed E-state index contributed by atoms with van der Waals surface area (Å²) < 4.78 is 7.00. The average Bonchev–Trinajstić information content (AvgIpc) is 2.78. The van der Waals surface area contributed by atoms with Crippen LogP contribution in [0.4, 0.5) is 5.82 Å². The first-order chi connectivity index (χ1) is 8.53. The maximum atomic E-state index is 12.2. The number of ether oxygens (including phenoxy) is 1. The van der Waals surface area contributed by atoms with Gasteiger partial charge >= 0.3 is 0 Å². The van der Waals surface area contributed by atoms with Crippen molar-refractivity contribution >= 4 is 11.7 Å². The van der Waals surface area contributed by atoms with Gasteiger partial charge in [0.05, 0.1) is 6.20 Å². The van der Waals surface area contributed by atoms with E-state index in [9.17, 15) is 4.79 Å². The van der Waals surface area contributed by atoms with Crippen LogP contribution in [0, 0.1) is 0 Å². The number of rotatable bonds is 3. The highest BCUT2D eigenvalue weighted by Gasteiger charge is 2.36. The minimum atomic E-state index is -0.829. The van der Waals surface area contributed by atoms with E-state index in [2.05, 4.69) is 10.4 Å². The summed E-state index contributed by atoms with van der Waals surface area (Å²) in [6.45, 7) is 5.09. The minimum Gasteiger partial charge on any atom is -0.381 e. The predicted octanol–water partition coefficient (Wildman–Crippen LogP) is 0.910. The van der Waals surface area contributed by atoms with Gasteiger partial charge in [-0.15, -0.1) is 0 Å². The predicted molar refractivity (Wildman–Crippen MR) is 68.2 cm³/mol. The van der Waals surface area contributed by atoms with Gasteiger partial charge in [0.15, 0.2) is 0 Å². The molecule has 1 aliphatic rings. The van der Waals surface area contributed by atoms with Gasteiger partial charge in [-0.1, -0.05) is 0 Å². The van der Waals surface area contributed by atoms with Crippen LogP contribution in [0.25, 0.3) is 0 Å². The lowest BCUT2D eigenvalue weighted by molar-refractivity contribution is -0.124. The molecule has 1 aliphatic heterocycles. The van der Waals surface area contributed by atoms with Crippen molar-refractivity contribution in [2.45, 2.75) is 38.3 Å². The second-order valence-electron chi connectivity index (χ2n) is 4.98. The van der Waals surface area contributed by atoms with Crippen LogP contribution >= 0.6 is 0 Å². The van der Waals surface area contributed by atoms with Gasteiger partial charge in [-0.05, 0) is 26.7 Å². The maximum Gasteiger partial charge on any atom is 0.245 e. The maximum absolute atomic E-state index is 12.2. The van der Waals surface area contributed by atoms with E-state index in [4.69, 9.17) is 10.5 Å². The zero-order valence-corrected chi connectivity index (χ0v) is 10.8. The van der Waals surface area contributed by atoms with Crippen LogP contribution in [0.2, 0.25) is 0 Å². The number of carbonyl (C=O) groups is 1. The van der Waals surface area contributed by atoms with Gasteiger partial charge in [-0.2, -0.15) is 5.10 Å². The Kier molecular flexibility index (Phi) is 3.68. The molecule has 0 radical (unpaired) electrons. The second kappa shape index (κ2) is 5.07. The molecule has 1 saturated heterocycles. The number of nitrogens with two attached hydrogens (primary N) is 1. The molecule has 0 saturated carbocycles. The molecule has 0 spiro atoms.